The molecule has 0 aliphatic carbocycles. The number of unbranched alkanes of at least 4 members (excludes halogenated alkanes) is 18. The standard InChI is InChI=1S/C102H134O8S2/c1-9-11-13-15-17-19-21-23-25-45-62-111-75-95(105-69-91(103)71-109-101-97(79(5)85-52-37-29-38-53-85)64-89(77(3)83-48-33-27-34-49-83)65-98(101)80(6)86-54-39-30-40-55-86)73-107-93-60-47-61-94(68-93)108-74-96(76-112-63-46-26-24-22-20-18-16-14-12-10-2)106-70-92(104)72-110-102-99(81(7)87-56-41-31-42-57-87)66-90(78(4)84-50-35-28-36-51-84)67-100(102)82(8)88-58-43-32-44-59-88/h27-44,47-61,64-68,77-82,91-92,95-96,103-104H,9-26,45-46,62-63,69-76H2,1-8H3. The minimum absolute atomic E-state index is 0.00815. The monoisotopic (exact) mass is 1550 g/mol. The lowest BCUT2D eigenvalue weighted by Crippen LogP contribution is -2.32. The molecule has 602 valence electrons. The second-order valence-corrected chi connectivity index (χ2v) is 33.6. The molecular formula is C102H134O8S2. The number of hydrogen-bond acceptors (Lipinski definition) is 10. The summed E-state index contributed by atoms with van der Waals surface area (Å²) in [5.41, 5.74) is 14.1. The number of ether oxygens (including phenoxy) is 6. The number of aliphatic hydroxyl groups excluding tert-OH is 2. The van der Waals surface area contributed by atoms with E-state index in [0.717, 1.165) is 58.1 Å². The second-order valence-electron chi connectivity index (χ2n) is 31.3. The van der Waals surface area contributed by atoms with E-state index in [1.54, 1.807) is 0 Å². The molecule has 10 heteroatoms. The van der Waals surface area contributed by atoms with Gasteiger partial charge in [-0.3, -0.25) is 0 Å². The first-order valence-corrected chi connectivity index (χ1v) is 45.2. The molecule has 9 aromatic rings. The van der Waals surface area contributed by atoms with E-state index >= 15 is 0 Å². The second kappa shape index (κ2) is 50.8. The minimum atomic E-state index is -0.916. The van der Waals surface area contributed by atoms with E-state index in [1.165, 1.54) is 160 Å². The summed E-state index contributed by atoms with van der Waals surface area (Å²) in [7, 11) is 0. The van der Waals surface area contributed by atoms with Crippen molar-refractivity contribution in [2.24, 2.45) is 0 Å². The summed E-state index contributed by atoms with van der Waals surface area (Å²) >= 11 is 3.80. The predicted molar refractivity (Wildman–Crippen MR) is 475 cm³/mol. The number of hydrogen-bond donors (Lipinski definition) is 2. The Morgan fingerprint density at radius 3 is 0.795 bits per heavy atom. The molecule has 2 N–H and O–H groups in total. The molecule has 0 heterocycles. The Labute approximate surface area is 684 Å². The van der Waals surface area contributed by atoms with E-state index < -0.39 is 12.2 Å². The molecule has 0 aromatic heterocycles. The first kappa shape index (κ1) is 88.7. The molecule has 0 fully saturated rings. The van der Waals surface area contributed by atoms with E-state index in [-0.39, 0.29) is 87.4 Å². The highest BCUT2D eigenvalue weighted by molar-refractivity contribution is 7.99. The summed E-state index contributed by atoms with van der Waals surface area (Å²) < 4.78 is 40.9. The van der Waals surface area contributed by atoms with Crippen LogP contribution in [0.15, 0.2) is 231 Å². The Morgan fingerprint density at radius 2 is 0.518 bits per heavy atom. The average molecular weight is 1550 g/mol. The normalized spacial score (nSPS) is 14.3. The molecule has 112 heavy (non-hydrogen) atoms. The summed E-state index contributed by atoms with van der Waals surface area (Å²) in [6.07, 6.45) is 23.5. The molecule has 0 aliphatic heterocycles. The first-order valence-electron chi connectivity index (χ1n) is 42.9. The predicted octanol–water partition coefficient (Wildman–Crippen LogP) is 26.3. The lowest BCUT2D eigenvalue weighted by molar-refractivity contribution is -0.0311. The zero-order valence-corrected chi connectivity index (χ0v) is 70.7. The Hall–Kier alpha value is -7.28. The Morgan fingerprint density at radius 1 is 0.259 bits per heavy atom. The molecule has 9 rings (SSSR count). The molecule has 8 nitrogen and oxygen atoms in total. The fraction of sp³-hybridized carbons (Fsp3) is 0.471. The summed E-state index contributed by atoms with van der Waals surface area (Å²) in [6, 6.07) is 81.4. The quantitative estimate of drug-likeness (QED) is 0.0359. The van der Waals surface area contributed by atoms with Crippen molar-refractivity contribution >= 4 is 23.5 Å². The SMILES string of the molecule is CCCCCCCCCCCCSCC(COc1cccc(OCC(CSCCCCCCCCCCCC)OCC(O)COc2c(C(C)c3ccccc3)cc(C(C)c3ccccc3)cc2C(C)c2ccccc2)c1)OCC(O)COc1c(C(C)c2ccccc2)cc(C(C)c2ccccc2)cc1C(C)c1ccccc1. The molecule has 0 bridgehead atoms. The van der Waals surface area contributed by atoms with Crippen LogP contribution in [0, 0.1) is 0 Å². The molecule has 10 atom stereocenters. The van der Waals surface area contributed by atoms with Crippen LogP contribution in [-0.2, 0) is 9.47 Å². The number of rotatable bonds is 56. The van der Waals surface area contributed by atoms with E-state index in [9.17, 15) is 10.2 Å². The van der Waals surface area contributed by atoms with Crippen molar-refractivity contribution in [1.82, 2.24) is 0 Å². The van der Waals surface area contributed by atoms with Crippen LogP contribution in [0.2, 0.25) is 0 Å². The third-order valence-corrected chi connectivity index (χ3v) is 24.8. The number of aliphatic hydroxyl groups is 2. The van der Waals surface area contributed by atoms with Crippen molar-refractivity contribution in [3.8, 4) is 23.0 Å². The van der Waals surface area contributed by atoms with Crippen LogP contribution in [0.5, 0.6) is 23.0 Å². The highest BCUT2D eigenvalue weighted by atomic mass is 32.2. The Kier molecular flexibility index (Phi) is 40.2. The highest BCUT2D eigenvalue weighted by Crippen LogP contribution is 2.45. The van der Waals surface area contributed by atoms with Gasteiger partial charge in [0, 0.05) is 75.3 Å². The van der Waals surface area contributed by atoms with E-state index in [4.69, 9.17) is 28.4 Å². The molecule has 10 unspecified atom stereocenters. The van der Waals surface area contributed by atoms with Gasteiger partial charge in [-0.25, -0.2) is 0 Å². The van der Waals surface area contributed by atoms with Crippen molar-refractivity contribution < 1.29 is 38.6 Å². The summed E-state index contributed by atoms with van der Waals surface area (Å²) in [5, 5.41) is 24.1. The van der Waals surface area contributed by atoms with Gasteiger partial charge in [0.2, 0.25) is 0 Å². The van der Waals surface area contributed by atoms with Gasteiger partial charge in [-0.05, 0) is 81.0 Å². The molecule has 0 amide bonds. The third kappa shape index (κ3) is 29.8. The lowest BCUT2D eigenvalue weighted by Gasteiger charge is -2.27. The molecule has 0 saturated carbocycles. The van der Waals surface area contributed by atoms with Gasteiger partial charge in [0.25, 0.3) is 0 Å². The molecule has 0 saturated heterocycles. The summed E-state index contributed by atoms with van der Waals surface area (Å²) in [5.74, 6) is 6.77. The highest BCUT2D eigenvalue weighted by Gasteiger charge is 2.29. The topological polar surface area (TPSA) is 95.8 Å². The van der Waals surface area contributed by atoms with Crippen LogP contribution < -0.4 is 18.9 Å². The number of thioether (sulfide) groups is 2. The van der Waals surface area contributed by atoms with Crippen molar-refractivity contribution in [1.29, 1.82) is 0 Å². The van der Waals surface area contributed by atoms with E-state index in [1.807, 2.05) is 47.8 Å². The Bertz CT molecular complexity index is 3570. The van der Waals surface area contributed by atoms with Gasteiger partial charge in [0.1, 0.15) is 73.8 Å². The average Bonchev–Trinajstić information content (AvgIpc) is 0.780. The Balaban J connectivity index is 0.884. The molecule has 0 radical (unpaired) electrons. The molecule has 0 spiro atoms. The van der Waals surface area contributed by atoms with Crippen LogP contribution in [0.3, 0.4) is 0 Å². The van der Waals surface area contributed by atoms with Gasteiger partial charge in [-0.15, -0.1) is 0 Å². The van der Waals surface area contributed by atoms with Gasteiger partial charge >= 0.3 is 0 Å². The van der Waals surface area contributed by atoms with Gasteiger partial charge in [0.15, 0.2) is 0 Å². The van der Waals surface area contributed by atoms with Gasteiger partial charge in [-0.2, -0.15) is 23.5 Å². The third-order valence-electron chi connectivity index (χ3n) is 22.5. The maximum Gasteiger partial charge on any atom is 0.127 e. The van der Waals surface area contributed by atoms with E-state index in [0.29, 0.717) is 23.0 Å². The maximum atomic E-state index is 12.1. The molecule has 9 aromatic carbocycles. The van der Waals surface area contributed by atoms with Gasteiger partial charge < -0.3 is 38.6 Å². The largest absolute Gasteiger partial charge is 0.491 e. The van der Waals surface area contributed by atoms with Crippen molar-refractivity contribution in [2.45, 2.75) is 244 Å². The zero-order chi connectivity index (χ0) is 78.8. The lowest BCUT2D eigenvalue weighted by atomic mass is 9.81. The van der Waals surface area contributed by atoms with Crippen molar-refractivity contribution in [3.63, 3.8) is 0 Å². The number of benzene rings is 9. The summed E-state index contributed by atoms with van der Waals surface area (Å²) in [4.78, 5) is 0. The van der Waals surface area contributed by atoms with Crippen LogP contribution in [0.1, 0.15) is 286 Å². The van der Waals surface area contributed by atoms with Crippen LogP contribution >= 0.6 is 23.5 Å². The van der Waals surface area contributed by atoms with Crippen LogP contribution in [0.25, 0.3) is 0 Å². The molecular weight excluding hydrogens is 1420 g/mol. The summed E-state index contributed by atoms with van der Waals surface area (Å²) in [6.45, 7) is 19.0. The van der Waals surface area contributed by atoms with Crippen molar-refractivity contribution in [3.05, 3.63) is 297 Å². The van der Waals surface area contributed by atoms with Gasteiger partial charge in [0.05, 0.1) is 13.2 Å². The fourth-order valence-electron chi connectivity index (χ4n) is 15.2. The molecule has 0 aliphatic rings. The van der Waals surface area contributed by atoms with Crippen molar-refractivity contribution in [2.75, 3.05) is 62.7 Å². The maximum absolute atomic E-state index is 12.1. The van der Waals surface area contributed by atoms with Crippen LogP contribution in [-0.4, -0.2) is 97.3 Å². The zero-order valence-electron chi connectivity index (χ0n) is 69.1. The van der Waals surface area contributed by atoms with Crippen LogP contribution in [0.4, 0.5) is 0 Å². The van der Waals surface area contributed by atoms with Gasteiger partial charge in [-0.1, -0.05) is 383 Å². The first-order chi connectivity index (χ1) is 54.9. The minimum Gasteiger partial charge on any atom is -0.491 e. The van der Waals surface area contributed by atoms with E-state index in [2.05, 4.69) is 262 Å². The smallest absolute Gasteiger partial charge is 0.127 e. The fourth-order valence-corrected chi connectivity index (χ4v) is 17.2.